The zero-order valence-electron chi connectivity index (χ0n) is 22.3. The fraction of sp³-hybridized carbons (Fsp3) is 0.333. The van der Waals surface area contributed by atoms with Crippen LogP contribution in [0.1, 0.15) is 48.2 Å². The summed E-state index contributed by atoms with van der Waals surface area (Å²) in [5, 5.41) is 5.68. The predicted octanol–water partition coefficient (Wildman–Crippen LogP) is 8.33. The van der Waals surface area contributed by atoms with E-state index in [1.165, 1.54) is 54.9 Å². The Morgan fingerprint density at radius 3 is 2.38 bits per heavy atom. The average molecular weight is 570 g/mol. The highest BCUT2D eigenvalue weighted by atomic mass is 32.1. The van der Waals surface area contributed by atoms with E-state index in [-0.39, 0.29) is 11.7 Å². The predicted molar refractivity (Wildman–Crippen MR) is 150 cm³/mol. The lowest BCUT2D eigenvalue weighted by Crippen LogP contribution is -2.18. The Hall–Kier alpha value is -3.79. The van der Waals surface area contributed by atoms with E-state index in [9.17, 15) is 18.0 Å². The van der Waals surface area contributed by atoms with E-state index in [2.05, 4.69) is 14.6 Å². The molecule has 40 heavy (non-hydrogen) atoms. The van der Waals surface area contributed by atoms with Crippen LogP contribution >= 0.6 is 11.3 Å². The Morgan fingerprint density at radius 1 is 1.05 bits per heavy atom. The minimum Gasteiger partial charge on any atom is -0.497 e. The van der Waals surface area contributed by atoms with Gasteiger partial charge >= 0.3 is 6.36 Å². The molecule has 0 spiro atoms. The second kappa shape index (κ2) is 11.8. The van der Waals surface area contributed by atoms with Crippen molar-refractivity contribution in [2.24, 2.45) is 5.92 Å². The van der Waals surface area contributed by atoms with E-state index in [0.29, 0.717) is 17.2 Å². The number of rotatable bonds is 8. The molecule has 1 aliphatic carbocycles. The molecular weight excluding hydrogens is 539 g/mol. The number of anilines is 1. The lowest BCUT2D eigenvalue weighted by atomic mass is 9.89. The Bertz CT molecular complexity index is 1450. The van der Waals surface area contributed by atoms with Crippen LogP contribution in [-0.2, 0) is 6.54 Å². The third-order valence-corrected chi connectivity index (χ3v) is 8.12. The molecule has 10 heteroatoms. The number of nitrogens with one attached hydrogen (secondary N) is 1. The zero-order valence-corrected chi connectivity index (χ0v) is 23.1. The number of carbonyl (C=O) groups is 1. The van der Waals surface area contributed by atoms with Crippen molar-refractivity contribution in [2.75, 3.05) is 12.4 Å². The van der Waals surface area contributed by atoms with E-state index in [1.807, 2.05) is 42.6 Å². The van der Waals surface area contributed by atoms with Gasteiger partial charge in [-0.1, -0.05) is 19.3 Å². The van der Waals surface area contributed by atoms with E-state index in [0.717, 1.165) is 52.8 Å². The topological polar surface area (TPSA) is 65.4 Å². The Balaban J connectivity index is 1.43. The lowest BCUT2D eigenvalue weighted by molar-refractivity contribution is -0.274. The molecule has 6 nitrogen and oxygen atoms in total. The van der Waals surface area contributed by atoms with Crippen LogP contribution in [0.4, 0.5) is 18.9 Å². The van der Waals surface area contributed by atoms with E-state index in [1.54, 1.807) is 7.11 Å². The molecule has 1 aliphatic rings. The summed E-state index contributed by atoms with van der Waals surface area (Å²) in [5.74, 6) is 0.612. The number of ether oxygens (including phenoxy) is 2. The molecule has 0 unspecified atom stereocenters. The Morgan fingerprint density at radius 2 is 1.73 bits per heavy atom. The van der Waals surface area contributed by atoms with Gasteiger partial charge in [-0.25, -0.2) is 4.98 Å². The molecule has 1 N–H and O–H groups in total. The van der Waals surface area contributed by atoms with Gasteiger partial charge in [0.2, 0.25) is 0 Å². The van der Waals surface area contributed by atoms with E-state index in [4.69, 9.17) is 9.72 Å². The summed E-state index contributed by atoms with van der Waals surface area (Å²) in [7, 11) is 1.63. The molecule has 4 aromatic rings. The van der Waals surface area contributed by atoms with E-state index >= 15 is 0 Å². The number of hydrogen-bond donors (Lipinski definition) is 1. The van der Waals surface area contributed by atoms with Gasteiger partial charge in [0.15, 0.2) is 0 Å². The molecule has 1 saturated carbocycles. The van der Waals surface area contributed by atoms with Gasteiger partial charge in [-0.05, 0) is 80.3 Å². The summed E-state index contributed by atoms with van der Waals surface area (Å²) < 4.78 is 48.9. The van der Waals surface area contributed by atoms with Crippen LogP contribution in [0.25, 0.3) is 22.0 Å². The average Bonchev–Trinajstić information content (AvgIpc) is 3.55. The third-order valence-electron chi connectivity index (χ3n) is 7.23. The van der Waals surface area contributed by atoms with Crippen LogP contribution in [0, 0.1) is 12.8 Å². The summed E-state index contributed by atoms with van der Waals surface area (Å²) >= 11 is 1.54. The van der Waals surface area contributed by atoms with Crippen molar-refractivity contribution in [3.05, 3.63) is 71.2 Å². The van der Waals surface area contributed by atoms with Gasteiger partial charge in [-0.3, -0.25) is 4.79 Å². The number of thiazole rings is 1. The Kier molecular flexibility index (Phi) is 8.16. The number of aromatic nitrogens is 2. The van der Waals surface area contributed by atoms with Crippen molar-refractivity contribution in [1.29, 1.82) is 0 Å². The molecule has 1 amide bonds. The Labute approximate surface area is 234 Å². The highest BCUT2D eigenvalue weighted by Gasteiger charge is 2.31. The van der Waals surface area contributed by atoms with Gasteiger partial charge in [0.1, 0.15) is 16.5 Å². The minimum atomic E-state index is -4.78. The summed E-state index contributed by atoms with van der Waals surface area (Å²) in [6.07, 6.45) is 1.20. The molecule has 1 fully saturated rings. The molecule has 2 aromatic heterocycles. The molecule has 0 bridgehead atoms. The minimum absolute atomic E-state index is 0.337. The number of amides is 1. The molecule has 2 aromatic carbocycles. The fourth-order valence-electron chi connectivity index (χ4n) is 5.15. The van der Waals surface area contributed by atoms with Crippen molar-refractivity contribution in [3.8, 4) is 33.5 Å². The maximum absolute atomic E-state index is 13.4. The van der Waals surface area contributed by atoms with Crippen molar-refractivity contribution in [3.63, 3.8) is 0 Å². The maximum atomic E-state index is 13.4. The number of alkyl halides is 3. The molecule has 2 heterocycles. The normalized spacial score (nSPS) is 14.2. The quantitative estimate of drug-likeness (QED) is 0.232. The first-order valence-electron chi connectivity index (χ1n) is 13.2. The molecule has 0 radical (unpaired) electrons. The number of benzene rings is 2. The highest BCUT2D eigenvalue weighted by molar-refractivity contribution is 7.13. The van der Waals surface area contributed by atoms with Gasteiger partial charge in [0, 0.05) is 28.9 Å². The van der Waals surface area contributed by atoms with Gasteiger partial charge in [0.25, 0.3) is 5.91 Å². The van der Waals surface area contributed by atoms with Gasteiger partial charge in [-0.15, -0.1) is 24.5 Å². The lowest BCUT2D eigenvalue weighted by Gasteiger charge is -2.24. The monoisotopic (exact) mass is 569 g/mol. The first kappa shape index (κ1) is 27.8. The standard InChI is InChI=1S/C30H30F3N3O3S/c1-19-25(28(37)34-22-10-14-24(15-11-22)39-30(31,32)33)16-27(36(19)17-20-6-4-3-5-7-20)26-18-40-29(35-26)21-8-12-23(38-2)13-9-21/h8-16,18,20H,3-7,17H2,1-2H3,(H,34,37). The van der Waals surface area contributed by atoms with Crippen LogP contribution in [0.3, 0.4) is 0 Å². The molecule has 0 atom stereocenters. The van der Waals surface area contributed by atoms with Crippen LogP contribution in [0.15, 0.2) is 60.0 Å². The summed E-state index contributed by atoms with van der Waals surface area (Å²) in [6, 6.07) is 14.7. The molecule has 0 aliphatic heterocycles. The highest BCUT2D eigenvalue weighted by Crippen LogP contribution is 2.35. The zero-order chi connectivity index (χ0) is 28.3. The SMILES string of the molecule is COc1ccc(-c2nc(-c3cc(C(=O)Nc4ccc(OC(F)(F)F)cc4)c(C)n3CC3CCCCC3)cs2)cc1. The second-order valence-electron chi connectivity index (χ2n) is 9.94. The summed E-state index contributed by atoms with van der Waals surface area (Å²) in [4.78, 5) is 18.3. The smallest absolute Gasteiger partial charge is 0.497 e. The number of hydrogen-bond acceptors (Lipinski definition) is 5. The van der Waals surface area contributed by atoms with Crippen molar-refractivity contribution in [2.45, 2.75) is 51.9 Å². The van der Waals surface area contributed by atoms with Crippen LogP contribution in [0.2, 0.25) is 0 Å². The summed E-state index contributed by atoms with van der Waals surface area (Å²) in [5.41, 5.74) is 4.35. The van der Waals surface area contributed by atoms with Crippen LogP contribution < -0.4 is 14.8 Å². The number of halogens is 3. The number of carbonyl (C=O) groups excluding carboxylic acids is 1. The molecule has 0 saturated heterocycles. The largest absolute Gasteiger partial charge is 0.573 e. The first-order chi connectivity index (χ1) is 19.2. The number of nitrogens with zero attached hydrogens (tertiary/aromatic N) is 2. The van der Waals surface area contributed by atoms with Crippen molar-refractivity contribution < 1.29 is 27.4 Å². The molecule has 5 rings (SSSR count). The van der Waals surface area contributed by atoms with Crippen LogP contribution in [0.5, 0.6) is 11.5 Å². The van der Waals surface area contributed by atoms with E-state index < -0.39 is 6.36 Å². The fourth-order valence-corrected chi connectivity index (χ4v) is 5.97. The summed E-state index contributed by atoms with van der Waals surface area (Å²) in [6.45, 7) is 2.73. The van der Waals surface area contributed by atoms with Gasteiger partial charge < -0.3 is 19.4 Å². The first-order valence-corrected chi connectivity index (χ1v) is 14.1. The molecule has 210 valence electrons. The number of methoxy groups -OCH3 is 1. The maximum Gasteiger partial charge on any atom is 0.573 e. The third kappa shape index (κ3) is 6.50. The van der Waals surface area contributed by atoms with Crippen molar-refractivity contribution >= 4 is 22.9 Å². The van der Waals surface area contributed by atoms with Crippen LogP contribution in [-0.4, -0.2) is 28.9 Å². The van der Waals surface area contributed by atoms with Gasteiger partial charge in [0.05, 0.1) is 24.1 Å². The second-order valence-corrected chi connectivity index (χ2v) is 10.8. The van der Waals surface area contributed by atoms with Crippen molar-refractivity contribution in [1.82, 2.24) is 9.55 Å². The molecular formula is C30H30F3N3O3S. The van der Waals surface area contributed by atoms with Gasteiger partial charge in [-0.2, -0.15) is 0 Å².